The van der Waals surface area contributed by atoms with Crippen LogP contribution in [-0.2, 0) is 11.8 Å². The summed E-state index contributed by atoms with van der Waals surface area (Å²) < 4.78 is 5.42. The zero-order valence-electron chi connectivity index (χ0n) is 12.0. The number of likely N-dealkylation sites (N-methyl/N-ethyl adjacent to an activating group) is 1. The number of hydrogen-bond acceptors (Lipinski definition) is 4. The summed E-state index contributed by atoms with van der Waals surface area (Å²) >= 11 is 0. The molecule has 1 aromatic heterocycles. The van der Waals surface area contributed by atoms with Gasteiger partial charge in [-0.25, -0.2) is 0 Å². The molecule has 4 nitrogen and oxygen atoms in total. The average Bonchev–Trinajstić information content (AvgIpc) is 2.86. The monoisotopic (exact) mass is 259 g/mol. The summed E-state index contributed by atoms with van der Waals surface area (Å²) in [5, 5.41) is 7.24. The summed E-state index contributed by atoms with van der Waals surface area (Å²) in [7, 11) is 1.95. The van der Waals surface area contributed by atoms with Gasteiger partial charge in [-0.3, -0.25) is 0 Å². The fourth-order valence-electron chi connectivity index (χ4n) is 1.84. The van der Waals surface area contributed by atoms with E-state index in [1.165, 1.54) is 5.56 Å². The van der Waals surface area contributed by atoms with Crippen LogP contribution in [0.25, 0.3) is 11.5 Å². The van der Waals surface area contributed by atoms with Crippen LogP contribution < -0.4 is 5.32 Å². The predicted molar refractivity (Wildman–Crippen MR) is 76.1 cm³/mol. The van der Waals surface area contributed by atoms with Gasteiger partial charge in [0.15, 0.2) is 5.82 Å². The molecule has 0 fully saturated rings. The Hall–Kier alpha value is -1.68. The SMILES string of the molecule is CNCCc1ccccc1-c1nc(C(C)(C)C)no1. The van der Waals surface area contributed by atoms with E-state index in [0.717, 1.165) is 24.4 Å². The van der Waals surface area contributed by atoms with Crippen molar-refractivity contribution in [3.05, 3.63) is 35.7 Å². The van der Waals surface area contributed by atoms with E-state index in [9.17, 15) is 0 Å². The highest BCUT2D eigenvalue weighted by atomic mass is 16.5. The molecule has 0 aliphatic rings. The highest BCUT2D eigenvalue weighted by Gasteiger charge is 2.22. The number of rotatable bonds is 4. The quantitative estimate of drug-likeness (QED) is 0.917. The molecule has 2 aromatic rings. The smallest absolute Gasteiger partial charge is 0.258 e. The Bertz CT molecular complexity index is 540. The molecule has 102 valence electrons. The lowest BCUT2D eigenvalue weighted by Gasteiger charge is -2.11. The van der Waals surface area contributed by atoms with Crippen LogP contribution in [0, 0.1) is 0 Å². The topological polar surface area (TPSA) is 51.0 Å². The van der Waals surface area contributed by atoms with Crippen LogP contribution in [-0.4, -0.2) is 23.7 Å². The van der Waals surface area contributed by atoms with Crippen LogP contribution in [0.5, 0.6) is 0 Å². The van der Waals surface area contributed by atoms with Crippen molar-refractivity contribution in [1.29, 1.82) is 0 Å². The second kappa shape index (κ2) is 5.53. The number of hydrogen-bond donors (Lipinski definition) is 1. The van der Waals surface area contributed by atoms with Gasteiger partial charge in [0.1, 0.15) is 0 Å². The molecular weight excluding hydrogens is 238 g/mol. The lowest BCUT2D eigenvalue weighted by atomic mass is 9.96. The first kappa shape index (κ1) is 13.7. The lowest BCUT2D eigenvalue weighted by Crippen LogP contribution is -2.13. The molecule has 1 aromatic carbocycles. The van der Waals surface area contributed by atoms with Gasteiger partial charge >= 0.3 is 0 Å². The van der Waals surface area contributed by atoms with Crippen LogP contribution >= 0.6 is 0 Å². The average molecular weight is 259 g/mol. The highest BCUT2D eigenvalue weighted by molar-refractivity contribution is 5.58. The van der Waals surface area contributed by atoms with Crippen molar-refractivity contribution in [1.82, 2.24) is 15.5 Å². The fraction of sp³-hybridized carbons (Fsp3) is 0.467. The molecular formula is C15H21N3O. The maximum atomic E-state index is 5.42. The minimum Gasteiger partial charge on any atom is -0.334 e. The van der Waals surface area contributed by atoms with Crippen molar-refractivity contribution in [2.45, 2.75) is 32.6 Å². The molecule has 0 aliphatic heterocycles. The zero-order chi connectivity index (χ0) is 13.9. The third kappa shape index (κ3) is 3.20. The molecule has 0 atom stereocenters. The zero-order valence-corrected chi connectivity index (χ0v) is 12.0. The van der Waals surface area contributed by atoms with Gasteiger partial charge in [0.05, 0.1) is 0 Å². The van der Waals surface area contributed by atoms with Crippen molar-refractivity contribution in [2.75, 3.05) is 13.6 Å². The second-order valence-electron chi connectivity index (χ2n) is 5.68. The molecule has 1 N–H and O–H groups in total. The van der Waals surface area contributed by atoms with E-state index >= 15 is 0 Å². The van der Waals surface area contributed by atoms with Crippen LogP contribution in [0.15, 0.2) is 28.8 Å². The molecule has 0 saturated carbocycles. The van der Waals surface area contributed by atoms with Crippen LogP contribution in [0.3, 0.4) is 0 Å². The van der Waals surface area contributed by atoms with E-state index in [1.54, 1.807) is 0 Å². The third-order valence-electron chi connectivity index (χ3n) is 2.99. The molecule has 0 radical (unpaired) electrons. The highest BCUT2D eigenvalue weighted by Crippen LogP contribution is 2.26. The van der Waals surface area contributed by atoms with E-state index in [0.29, 0.717) is 5.89 Å². The summed E-state index contributed by atoms with van der Waals surface area (Å²) in [5.74, 6) is 1.35. The molecule has 0 spiro atoms. The summed E-state index contributed by atoms with van der Waals surface area (Å²) in [4.78, 5) is 4.52. The first-order valence-corrected chi connectivity index (χ1v) is 6.59. The number of nitrogens with zero attached hydrogens (tertiary/aromatic N) is 2. The maximum absolute atomic E-state index is 5.42. The number of benzene rings is 1. The van der Waals surface area contributed by atoms with Gasteiger partial charge < -0.3 is 9.84 Å². The fourth-order valence-corrected chi connectivity index (χ4v) is 1.84. The molecule has 0 amide bonds. The molecule has 0 bridgehead atoms. The first-order chi connectivity index (χ1) is 9.02. The molecule has 0 saturated heterocycles. The number of aromatic nitrogens is 2. The van der Waals surface area contributed by atoms with Crippen LogP contribution in [0.1, 0.15) is 32.2 Å². The molecule has 1 heterocycles. The predicted octanol–water partition coefficient (Wildman–Crippen LogP) is 2.80. The normalized spacial score (nSPS) is 11.8. The Morgan fingerprint density at radius 3 is 2.58 bits per heavy atom. The largest absolute Gasteiger partial charge is 0.334 e. The Balaban J connectivity index is 2.33. The van der Waals surface area contributed by atoms with E-state index in [4.69, 9.17) is 4.52 Å². The summed E-state index contributed by atoms with van der Waals surface area (Å²) in [5.41, 5.74) is 2.16. The summed E-state index contributed by atoms with van der Waals surface area (Å²) in [6.45, 7) is 7.16. The first-order valence-electron chi connectivity index (χ1n) is 6.59. The van der Waals surface area contributed by atoms with Crippen LogP contribution in [0.4, 0.5) is 0 Å². The summed E-state index contributed by atoms with van der Waals surface area (Å²) in [6.07, 6.45) is 0.944. The minimum absolute atomic E-state index is 0.0956. The lowest BCUT2D eigenvalue weighted by molar-refractivity contribution is 0.402. The molecule has 0 unspecified atom stereocenters. The summed E-state index contributed by atoms with van der Waals surface area (Å²) in [6, 6.07) is 8.17. The Morgan fingerprint density at radius 1 is 1.21 bits per heavy atom. The minimum atomic E-state index is -0.0956. The van der Waals surface area contributed by atoms with Crippen molar-refractivity contribution in [3.63, 3.8) is 0 Å². The van der Waals surface area contributed by atoms with Crippen molar-refractivity contribution in [3.8, 4) is 11.5 Å². The van der Waals surface area contributed by atoms with Gasteiger partial charge in [-0.15, -0.1) is 0 Å². The molecule has 2 rings (SSSR count). The van der Waals surface area contributed by atoms with E-state index in [1.807, 2.05) is 25.2 Å². The van der Waals surface area contributed by atoms with Gasteiger partial charge in [-0.2, -0.15) is 4.98 Å². The van der Waals surface area contributed by atoms with E-state index in [2.05, 4.69) is 42.3 Å². The molecule has 4 heteroatoms. The molecule has 19 heavy (non-hydrogen) atoms. The van der Waals surface area contributed by atoms with Gasteiger partial charge in [0.25, 0.3) is 5.89 Å². The van der Waals surface area contributed by atoms with Gasteiger partial charge in [0, 0.05) is 11.0 Å². The Morgan fingerprint density at radius 2 is 1.95 bits per heavy atom. The number of nitrogens with one attached hydrogen (secondary N) is 1. The van der Waals surface area contributed by atoms with Gasteiger partial charge in [0.2, 0.25) is 0 Å². The Labute approximate surface area is 114 Å². The van der Waals surface area contributed by atoms with E-state index < -0.39 is 0 Å². The van der Waals surface area contributed by atoms with Crippen molar-refractivity contribution < 1.29 is 4.52 Å². The molecule has 0 aliphatic carbocycles. The van der Waals surface area contributed by atoms with Gasteiger partial charge in [-0.05, 0) is 31.6 Å². The van der Waals surface area contributed by atoms with Crippen molar-refractivity contribution >= 4 is 0 Å². The van der Waals surface area contributed by atoms with Crippen molar-refractivity contribution in [2.24, 2.45) is 0 Å². The third-order valence-corrected chi connectivity index (χ3v) is 2.99. The standard InChI is InChI=1S/C15H21N3O/c1-15(2,3)14-17-13(19-18-14)12-8-6-5-7-11(12)9-10-16-4/h5-8,16H,9-10H2,1-4H3. The maximum Gasteiger partial charge on any atom is 0.258 e. The van der Waals surface area contributed by atoms with Crippen LogP contribution in [0.2, 0.25) is 0 Å². The Kier molecular flexibility index (Phi) is 4.00. The van der Waals surface area contributed by atoms with Gasteiger partial charge in [-0.1, -0.05) is 44.1 Å². The second-order valence-corrected chi connectivity index (χ2v) is 5.68. The van der Waals surface area contributed by atoms with E-state index in [-0.39, 0.29) is 5.41 Å².